The lowest BCUT2D eigenvalue weighted by Gasteiger charge is -2.09. The predicted molar refractivity (Wildman–Crippen MR) is 68.2 cm³/mol. The molecule has 0 spiro atoms. The van der Waals surface area contributed by atoms with Gasteiger partial charge in [-0.15, -0.1) is 0 Å². The van der Waals surface area contributed by atoms with Crippen molar-refractivity contribution in [2.75, 3.05) is 0 Å². The fraction of sp³-hybridized carbons (Fsp3) is 0.0714. The van der Waals surface area contributed by atoms with Crippen molar-refractivity contribution in [3.8, 4) is 5.75 Å². The predicted octanol–water partition coefficient (Wildman–Crippen LogP) is 2.69. The topological polar surface area (TPSA) is 59.1 Å². The molecule has 0 aliphatic rings. The van der Waals surface area contributed by atoms with Crippen LogP contribution in [0.5, 0.6) is 5.75 Å². The molecular weight excluding hydrogens is 231 g/mol. The maximum atomic E-state index is 12.7. The van der Waals surface area contributed by atoms with Crippen LogP contribution in [0.2, 0.25) is 0 Å². The van der Waals surface area contributed by atoms with Gasteiger partial charge in [-0.25, -0.2) is 4.39 Å². The molecule has 0 saturated carbocycles. The number of rotatable bonds is 4. The van der Waals surface area contributed by atoms with E-state index in [4.69, 9.17) is 15.9 Å². The van der Waals surface area contributed by atoms with E-state index in [-0.39, 0.29) is 11.7 Å². The number of hydrogen-bond acceptors (Lipinski definition) is 2. The van der Waals surface area contributed by atoms with Crippen LogP contribution in [-0.2, 0) is 6.61 Å². The number of ether oxygens (including phenoxy) is 1. The molecule has 2 rings (SSSR count). The molecule has 0 amide bonds. The molecule has 3 N–H and O–H groups in total. The van der Waals surface area contributed by atoms with E-state index in [0.29, 0.717) is 17.9 Å². The molecule has 2 aromatic rings. The molecule has 0 radical (unpaired) electrons. The Morgan fingerprint density at radius 2 is 1.78 bits per heavy atom. The third-order valence-corrected chi connectivity index (χ3v) is 2.52. The highest BCUT2D eigenvalue weighted by Crippen LogP contribution is 2.15. The zero-order chi connectivity index (χ0) is 13.0. The van der Waals surface area contributed by atoms with E-state index >= 15 is 0 Å². The average molecular weight is 244 g/mol. The Kier molecular flexibility index (Phi) is 3.57. The molecule has 0 aromatic heterocycles. The quantitative estimate of drug-likeness (QED) is 0.641. The van der Waals surface area contributed by atoms with E-state index in [2.05, 4.69) is 0 Å². The molecule has 3 nitrogen and oxygen atoms in total. The average Bonchev–Trinajstić information content (AvgIpc) is 2.38. The number of nitrogens with one attached hydrogen (secondary N) is 1. The summed E-state index contributed by atoms with van der Waals surface area (Å²) >= 11 is 0. The fourth-order valence-corrected chi connectivity index (χ4v) is 1.60. The van der Waals surface area contributed by atoms with Crippen LogP contribution >= 0.6 is 0 Å². The maximum Gasteiger partial charge on any atom is 0.123 e. The second-order valence-electron chi connectivity index (χ2n) is 3.81. The highest BCUT2D eigenvalue weighted by atomic mass is 19.1. The van der Waals surface area contributed by atoms with E-state index in [1.165, 1.54) is 12.1 Å². The summed E-state index contributed by atoms with van der Waals surface area (Å²) in [6, 6.07) is 13.1. The van der Waals surface area contributed by atoms with Crippen molar-refractivity contribution in [2.45, 2.75) is 6.61 Å². The molecule has 0 heterocycles. The normalized spacial score (nSPS) is 10.1. The number of nitrogens with two attached hydrogens (primary N) is 1. The van der Waals surface area contributed by atoms with E-state index < -0.39 is 0 Å². The van der Waals surface area contributed by atoms with Gasteiger partial charge in [0.2, 0.25) is 0 Å². The third kappa shape index (κ3) is 2.85. The first-order valence-corrected chi connectivity index (χ1v) is 5.47. The lowest BCUT2D eigenvalue weighted by atomic mass is 10.1. The van der Waals surface area contributed by atoms with Gasteiger partial charge in [0, 0.05) is 11.1 Å². The molecule has 0 aliphatic heterocycles. The van der Waals surface area contributed by atoms with Crippen LogP contribution in [0.25, 0.3) is 0 Å². The molecule has 0 unspecified atom stereocenters. The zero-order valence-electron chi connectivity index (χ0n) is 9.69. The van der Waals surface area contributed by atoms with E-state index in [1.807, 2.05) is 18.2 Å². The van der Waals surface area contributed by atoms with Crippen LogP contribution in [0.1, 0.15) is 11.1 Å². The summed E-state index contributed by atoms with van der Waals surface area (Å²) in [5.41, 5.74) is 6.96. The van der Waals surface area contributed by atoms with Crippen LogP contribution in [0.4, 0.5) is 4.39 Å². The Morgan fingerprint density at radius 1 is 1.11 bits per heavy atom. The van der Waals surface area contributed by atoms with Crippen LogP contribution in [-0.4, -0.2) is 5.84 Å². The summed E-state index contributed by atoms with van der Waals surface area (Å²) in [5, 5.41) is 7.46. The van der Waals surface area contributed by atoms with Gasteiger partial charge in [0.05, 0.1) is 0 Å². The highest BCUT2D eigenvalue weighted by molar-refractivity contribution is 5.96. The summed E-state index contributed by atoms with van der Waals surface area (Å²) in [7, 11) is 0. The number of amidine groups is 1. The zero-order valence-corrected chi connectivity index (χ0v) is 9.69. The Hall–Kier alpha value is -2.36. The molecule has 18 heavy (non-hydrogen) atoms. The smallest absolute Gasteiger partial charge is 0.123 e. The Morgan fingerprint density at radius 3 is 2.44 bits per heavy atom. The van der Waals surface area contributed by atoms with Crippen LogP contribution in [0.15, 0.2) is 48.5 Å². The van der Waals surface area contributed by atoms with Gasteiger partial charge in [0.15, 0.2) is 0 Å². The lowest BCUT2D eigenvalue weighted by molar-refractivity contribution is 0.305. The molecule has 4 heteroatoms. The van der Waals surface area contributed by atoms with Gasteiger partial charge in [-0.3, -0.25) is 5.41 Å². The first-order valence-electron chi connectivity index (χ1n) is 5.47. The van der Waals surface area contributed by atoms with Crippen LogP contribution in [0, 0.1) is 11.2 Å². The van der Waals surface area contributed by atoms with Crippen molar-refractivity contribution in [1.82, 2.24) is 0 Å². The van der Waals surface area contributed by atoms with Crippen molar-refractivity contribution >= 4 is 5.84 Å². The summed E-state index contributed by atoms with van der Waals surface area (Å²) in [5.74, 6) is 0.287. The molecular formula is C14H13FN2O. The first kappa shape index (κ1) is 12.1. The second kappa shape index (κ2) is 5.31. The van der Waals surface area contributed by atoms with Crippen molar-refractivity contribution < 1.29 is 9.13 Å². The monoisotopic (exact) mass is 244 g/mol. The van der Waals surface area contributed by atoms with Gasteiger partial charge >= 0.3 is 0 Å². The minimum atomic E-state index is -0.300. The minimum absolute atomic E-state index is 0.00769. The largest absolute Gasteiger partial charge is 0.489 e. The van der Waals surface area contributed by atoms with Crippen molar-refractivity contribution in [2.24, 2.45) is 5.73 Å². The fourth-order valence-electron chi connectivity index (χ4n) is 1.60. The van der Waals surface area contributed by atoms with E-state index in [1.54, 1.807) is 18.2 Å². The van der Waals surface area contributed by atoms with Crippen molar-refractivity contribution in [1.29, 1.82) is 5.41 Å². The highest BCUT2D eigenvalue weighted by Gasteiger charge is 2.05. The Bertz CT molecular complexity index is 552. The summed E-state index contributed by atoms with van der Waals surface area (Å²) < 4.78 is 18.2. The lowest BCUT2D eigenvalue weighted by Crippen LogP contribution is -2.14. The molecule has 0 fully saturated rings. The van der Waals surface area contributed by atoms with Crippen molar-refractivity contribution in [3.63, 3.8) is 0 Å². The molecule has 2 aromatic carbocycles. The molecule has 0 saturated heterocycles. The van der Waals surface area contributed by atoms with Gasteiger partial charge in [-0.2, -0.15) is 0 Å². The van der Waals surface area contributed by atoms with Gasteiger partial charge in [0.1, 0.15) is 24.0 Å². The summed E-state index contributed by atoms with van der Waals surface area (Å²) in [6.45, 7) is 0.293. The van der Waals surface area contributed by atoms with E-state index in [0.717, 1.165) is 5.56 Å². The third-order valence-electron chi connectivity index (χ3n) is 2.52. The SMILES string of the molecule is N=C(N)c1ccccc1COc1ccc(F)cc1. The summed E-state index contributed by atoms with van der Waals surface area (Å²) in [6.07, 6.45) is 0. The van der Waals surface area contributed by atoms with E-state index in [9.17, 15) is 4.39 Å². The molecule has 92 valence electrons. The Labute approximate surface area is 105 Å². The number of halogens is 1. The summed E-state index contributed by atoms with van der Waals surface area (Å²) in [4.78, 5) is 0. The molecule has 0 aliphatic carbocycles. The Balaban J connectivity index is 2.10. The first-order chi connectivity index (χ1) is 8.66. The number of benzene rings is 2. The van der Waals surface area contributed by atoms with Crippen molar-refractivity contribution in [3.05, 3.63) is 65.5 Å². The second-order valence-corrected chi connectivity index (χ2v) is 3.81. The van der Waals surface area contributed by atoms with Crippen LogP contribution < -0.4 is 10.5 Å². The molecule has 0 bridgehead atoms. The molecule has 0 atom stereocenters. The minimum Gasteiger partial charge on any atom is -0.489 e. The maximum absolute atomic E-state index is 12.7. The standard InChI is InChI=1S/C14H13FN2O/c15-11-5-7-12(8-6-11)18-9-10-3-1-2-4-13(10)14(16)17/h1-8H,9H2,(H3,16,17). The number of nitrogen functional groups attached to an aromatic ring is 1. The van der Waals surface area contributed by atoms with Gasteiger partial charge < -0.3 is 10.5 Å². The number of hydrogen-bond donors (Lipinski definition) is 2. The van der Waals surface area contributed by atoms with Crippen LogP contribution in [0.3, 0.4) is 0 Å². The van der Waals surface area contributed by atoms with Gasteiger partial charge in [0.25, 0.3) is 0 Å². The van der Waals surface area contributed by atoms with Gasteiger partial charge in [-0.05, 0) is 24.3 Å². The van der Waals surface area contributed by atoms with Gasteiger partial charge in [-0.1, -0.05) is 24.3 Å².